The molecular weight excluding hydrogens is 268 g/mol. The van der Waals surface area contributed by atoms with E-state index in [-0.39, 0.29) is 6.42 Å². The van der Waals surface area contributed by atoms with Gasteiger partial charge in [0.25, 0.3) is 0 Å². The Balaban J connectivity index is 3.09. The van der Waals surface area contributed by atoms with E-state index in [9.17, 15) is 14.7 Å². The van der Waals surface area contributed by atoms with Crippen LogP contribution >= 0.6 is 11.6 Å². The number of carboxylic acids is 1. The van der Waals surface area contributed by atoms with Crippen LogP contribution in [0, 0.1) is 0 Å². The molecule has 1 aromatic rings. The van der Waals surface area contributed by atoms with E-state index in [1.807, 2.05) is 0 Å². The quantitative estimate of drug-likeness (QED) is 0.639. The number of aliphatic carboxylic acids is 1. The Morgan fingerprint density at radius 2 is 1.89 bits per heavy atom. The summed E-state index contributed by atoms with van der Waals surface area (Å²) in [5.74, 6) is -1.81. The fourth-order valence-electron chi connectivity index (χ4n) is 1.61. The number of carboxylic acid groups (broad SMARTS) is 1. The van der Waals surface area contributed by atoms with Crippen molar-refractivity contribution in [3.63, 3.8) is 0 Å². The van der Waals surface area contributed by atoms with E-state index in [1.165, 1.54) is 6.92 Å². The Hall–Kier alpha value is -1.75. The van der Waals surface area contributed by atoms with E-state index >= 15 is 0 Å². The second kappa shape index (κ2) is 6.43. The van der Waals surface area contributed by atoms with Crippen molar-refractivity contribution in [3.8, 4) is 0 Å². The third-order valence-electron chi connectivity index (χ3n) is 2.71. The van der Waals surface area contributed by atoms with Gasteiger partial charge in [0.05, 0.1) is 5.69 Å². The molecule has 0 heterocycles. The SMILES string of the molecule is CCCC(/N=N/c1ccc(Cl)cc1)(C(C)=O)C(=O)O. The van der Waals surface area contributed by atoms with Crippen molar-refractivity contribution in [2.24, 2.45) is 10.2 Å². The van der Waals surface area contributed by atoms with Crippen LogP contribution in [0.2, 0.25) is 5.02 Å². The van der Waals surface area contributed by atoms with Gasteiger partial charge < -0.3 is 5.11 Å². The summed E-state index contributed by atoms with van der Waals surface area (Å²) in [6.45, 7) is 3.00. The molecule has 6 heteroatoms. The van der Waals surface area contributed by atoms with Crippen molar-refractivity contribution in [2.75, 3.05) is 0 Å². The molecule has 19 heavy (non-hydrogen) atoms. The molecular formula is C13H15ClN2O3. The average molecular weight is 283 g/mol. The number of halogens is 1. The van der Waals surface area contributed by atoms with Crippen molar-refractivity contribution in [1.29, 1.82) is 0 Å². The molecule has 0 aliphatic heterocycles. The van der Waals surface area contributed by atoms with Gasteiger partial charge in [0.2, 0.25) is 5.54 Å². The molecule has 0 saturated heterocycles. The third kappa shape index (κ3) is 3.61. The second-order valence-corrected chi connectivity index (χ2v) is 4.58. The van der Waals surface area contributed by atoms with E-state index in [2.05, 4.69) is 10.2 Å². The number of ketones is 1. The third-order valence-corrected chi connectivity index (χ3v) is 2.96. The smallest absolute Gasteiger partial charge is 0.341 e. The number of azo groups is 1. The average Bonchev–Trinajstić information content (AvgIpc) is 2.35. The maximum atomic E-state index is 11.6. The number of hydrogen-bond acceptors (Lipinski definition) is 4. The largest absolute Gasteiger partial charge is 0.479 e. The number of hydrogen-bond donors (Lipinski definition) is 1. The summed E-state index contributed by atoms with van der Waals surface area (Å²) in [5, 5.41) is 17.4. The highest BCUT2D eigenvalue weighted by Gasteiger charge is 2.43. The Morgan fingerprint density at radius 3 is 2.32 bits per heavy atom. The predicted octanol–water partition coefficient (Wildman–Crippen LogP) is 3.64. The Morgan fingerprint density at radius 1 is 1.32 bits per heavy atom. The molecule has 0 spiro atoms. The number of rotatable bonds is 6. The first kappa shape index (κ1) is 15.3. The van der Waals surface area contributed by atoms with Gasteiger partial charge in [-0.2, -0.15) is 10.2 Å². The van der Waals surface area contributed by atoms with Crippen LogP contribution in [-0.2, 0) is 9.59 Å². The molecule has 0 amide bonds. The van der Waals surface area contributed by atoms with Crippen LogP contribution in [0.3, 0.4) is 0 Å². The zero-order valence-electron chi connectivity index (χ0n) is 10.8. The number of Topliss-reactive ketones (excluding diaryl/α,β-unsaturated/α-hetero) is 1. The zero-order chi connectivity index (χ0) is 14.5. The van der Waals surface area contributed by atoms with Crippen LogP contribution in [-0.4, -0.2) is 22.4 Å². The molecule has 1 unspecified atom stereocenters. The second-order valence-electron chi connectivity index (χ2n) is 4.15. The monoisotopic (exact) mass is 282 g/mol. The lowest BCUT2D eigenvalue weighted by molar-refractivity contribution is -0.148. The van der Waals surface area contributed by atoms with Gasteiger partial charge in [-0.15, -0.1) is 0 Å². The molecule has 0 radical (unpaired) electrons. The van der Waals surface area contributed by atoms with Gasteiger partial charge in [0.1, 0.15) is 0 Å². The Kier molecular flexibility index (Phi) is 5.18. The van der Waals surface area contributed by atoms with Crippen LogP contribution in [0.1, 0.15) is 26.7 Å². The molecule has 5 nitrogen and oxygen atoms in total. The summed E-state index contributed by atoms with van der Waals surface area (Å²) < 4.78 is 0. The Labute approximate surface area is 116 Å². The van der Waals surface area contributed by atoms with Crippen LogP contribution < -0.4 is 0 Å². The van der Waals surface area contributed by atoms with Gasteiger partial charge in [-0.3, -0.25) is 4.79 Å². The summed E-state index contributed by atoms with van der Waals surface area (Å²) in [5.41, 5.74) is -1.35. The number of carbonyl (C=O) groups is 2. The molecule has 1 N–H and O–H groups in total. The molecule has 1 atom stereocenters. The molecule has 1 aromatic carbocycles. The minimum absolute atomic E-state index is 0.120. The minimum atomic E-state index is -1.80. The zero-order valence-corrected chi connectivity index (χ0v) is 11.5. The van der Waals surface area contributed by atoms with E-state index in [0.717, 1.165) is 0 Å². The molecule has 102 valence electrons. The fourth-order valence-corrected chi connectivity index (χ4v) is 1.74. The van der Waals surface area contributed by atoms with Crippen molar-refractivity contribution >= 4 is 29.0 Å². The maximum Gasteiger partial charge on any atom is 0.341 e. The van der Waals surface area contributed by atoms with Crippen molar-refractivity contribution in [3.05, 3.63) is 29.3 Å². The standard InChI is InChI=1S/C13H15ClN2O3/c1-3-8-13(9(2)17,12(18)19)16-15-11-6-4-10(14)5-7-11/h4-7H,3,8H2,1-2H3,(H,18,19)/b16-15+. The summed E-state index contributed by atoms with van der Waals surface area (Å²) in [7, 11) is 0. The van der Waals surface area contributed by atoms with E-state index < -0.39 is 17.3 Å². The first-order valence-electron chi connectivity index (χ1n) is 5.85. The van der Waals surface area contributed by atoms with Gasteiger partial charge in [0.15, 0.2) is 5.78 Å². The topological polar surface area (TPSA) is 79.1 Å². The Bertz CT molecular complexity index is 483. The molecule has 0 aromatic heterocycles. The van der Waals surface area contributed by atoms with E-state index in [0.29, 0.717) is 17.1 Å². The van der Waals surface area contributed by atoms with Crippen molar-refractivity contribution < 1.29 is 14.7 Å². The van der Waals surface area contributed by atoms with Crippen LogP contribution in [0.4, 0.5) is 5.69 Å². The highest BCUT2D eigenvalue weighted by molar-refractivity contribution is 6.30. The van der Waals surface area contributed by atoms with E-state index in [1.54, 1.807) is 31.2 Å². The lowest BCUT2D eigenvalue weighted by atomic mass is 9.91. The van der Waals surface area contributed by atoms with Gasteiger partial charge in [-0.25, -0.2) is 4.79 Å². The lowest BCUT2D eigenvalue weighted by Crippen LogP contribution is -2.43. The molecule has 0 aliphatic rings. The van der Waals surface area contributed by atoms with Crippen molar-refractivity contribution in [1.82, 2.24) is 0 Å². The summed E-state index contributed by atoms with van der Waals surface area (Å²) in [6, 6.07) is 6.44. The molecule has 0 aliphatic carbocycles. The number of carbonyl (C=O) groups excluding carboxylic acids is 1. The molecule has 0 fully saturated rings. The number of benzene rings is 1. The molecule has 0 saturated carbocycles. The first-order chi connectivity index (χ1) is 8.92. The van der Waals surface area contributed by atoms with Crippen LogP contribution in [0.25, 0.3) is 0 Å². The van der Waals surface area contributed by atoms with Gasteiger partial charge in [-0.1, -0.05) is 24.9 Å². The summed E-state index contributed by atoms with van der Waals surface area (Å²) in [6.07, 6.45) is 0.639. The van der Waals surface area contributed by atoms with Gasteiger partial charge in [0, 0.05) is 5.02 Å². The normalized spacial score (nSPS) is 14.3. The maximum absolute atomic E-state index is 11.6. The van der Waals surface area contributed by atoms with Gasteiger partial charge >= 0.3 is 5.97 Å². The first-order valence-corrected chi connectivity index (χ1v) is 6.23. The fraction of sp³-hybridized carbons (Fsp3) is 0.385. The summed E-state index contributed by atoms with van der Waals surface area (Å²) in [4.78, 5) is 22.9. The summed E-state index contributed by atoms with van der Waals surface area (Å²) >= 11 is 5.73. The molecule has 0 bridgehead atoms. The van der Waals surface area contributed by atoms with Crippen molar-refractivity contribution in [2.45, 2.75) is 32.2 Å². The molecule has 1 rings (SSSR count). The van der Waals surface area contributed by atoms with Crippen LogP contribution in [0.15, 0.2) is 34.5 Å². The van der Waals surface area contributed by atoms with E-state index in [4.69, 9.17) is 11.6 Å². The van der Waals surface area contributed by atoms with Crippen LogP contribution in [0.5, 0.6) is 0 Å². The number of nitrogens with zero attached hydrogens (tertiary/aromatic N) is 2. The highest BCUT2D eigenvalue weighted by atomic mass is 35.5. The lowest BCUT2D eigenvalue weighted by Gasteiger charge is -2.19. The highest BCUT2D eigenvalue weighted by Crippen LogP contribution is 2.24. The minimum Gasteiger partial charge on any atom is -0.479 e. The van der Waals surface area contributed by atoms with Gasteiger partial charge in [-0.05, 0) is 37.6 Å². The predicted molar refractivity (Wildman–Crippen MR) is 71.9 cm³/mol.